The third-order valence-corrected chi connectivity index (χ3v) is 6.61. The van der Waals surface area contributed by atoms with Gasteiger partial charge in [-0.25, -0.2) is 9.97 Å². The number of aryl methyl sites for hydroxylation is 2. The monoisotopic (exact) mass is 511 g/mol. The van der Waals surface area contributed by atoms with Crippen LogP contribution in [0, 0.1) is 6.92 Å². The predicted octanol–water partition coefficient (Wildman–Crippen LogP) is 2.10. The van der Waals surface area contributed by atoms with E-state index < -0.39 is 24.5 Å². The van der Waals surface area contributed by atoms with Crippen LogP contribution in [0.15, 0.2) is 29.4 Å². The normalized spacial score (nSPS) is 21.8. The summed E-state index contributed by atoms with van der Waals surface area (Å²) in [6.07, 6.45) is 3.55. The highest BCUT2D eigenvalue weighted by Crippen LogP contribution is 2.40. The number of aliphatic hydroxyl groups excluding tert-OH is 2. The minimum atomic E-state index is -1.24. The summed E-state index contributed by atoms with van der Waals surface area (Å²) in [7, 11) is 1.93. The van der Waals surface area contributed by atoms with E-state index in [1.54, 1.807) is 30.2 Å². The molecule has 0 bridgehead atoms. The van der Waals surface area contributed by atoms with Crippen molar-refractivity contribution in [3.63, 3.8) is 0 Å². The van der Waals surface area contributed by atoms with E-state index in [0.717, 1.165) is 18.5 Å². The fourth-order valence-corrected chi connectivity index (χ4v) is 4.51. The maximum absolute atomic E-state index is 10.9. The van der Waals surface area contributed by atoms with E-state index in [9.17, 15) is 10.2 Å². The van der Waals surface area contributed by atoms with Crippen LogP contribution in [-0.4, -0.2) is 69.2 Å². The van der Waals surface area contributed by atoms with Crippen molar-refractivity contribution in [2.45, 2.75) is 70.6 Å². The Labute approximate surface area is 213 Å². The summed E-state index contributed by atoms with van der Waals surface area (Å²) in [5.41, 5.74) is 2.63. The van der Waals surface area contributed by atoms with Crippen LogP contribution in [0.25, 0.3) is 11.2 Å². The van der Waals surface area contributed by atoms with Crippen molar-refractivity contribution in [1.82, 2.24) is 34.2 Å². The van der Waals surface area contributed by atoms with Gasteiger partial charge in [-0.15, -0.1) is 0 Å². The second kappa shape index (κ2) is 10.4. The minimum absolute atomic E-state index is 0.207. The molecule has 0 aliphatic carbocycles. The smallest absolute Gasteiger partial charge is 0.226 e. The Hall–Kier alpha value is -3.55. The van der Waals surface area contributed by atoms with Gasteiger partial charge in [-0.05, 0) is 19.8 Å². The molecule has 0 aromatic carbocycles. The fraction of sp³-hybridized carbons (Fsp3) is 0.542. The Bertz CT molecular complexity index is 1350. The molecule has 198 valence electrons. The Morgan fingerprint density at radius 1 is 1.11 bits per heavy atom. The Morgan fingerprint density at radius 3 is 2.59 bits per heavy atom. The number of rotatable bonds is 10. The summed E-state index contributed by atoms with van der Waals surface area (Å²) in [4.78, 5) is 18.3. The molecule has 0 unspecified atom stereocenters. The quantitative estimate of drug-likeness (QED) is 0.247. The summed E-state index contributed by atoms with van der Waals surface area (Å²) < 4.78 is 14.9. The molecule has 37 heavy (non-hydrogen) atoms. The van der Waals surface area contributed by atoms with Gasteiger partial charge in [-0.1, -0.05) is 19.0 Å². The van der Waals surface area contributed by atoms with Crippen LogP contribution in [0.1, 0.15) is 56.2 Å². The van der Waals surface area contributed by atoms with Crippen molar-refractivity contribution in [2.75, 3.05) is 17.2 Å². The third kappa shape index (κ3) is 5.02. The molecule has 4 atom stereocenters. The minimum Gasteiger partial charge on any atom is -0.387 e. The molecule has 5 rings (SSSR count). The van der Waals surface area contributed by atoms with Gasteiger partial charge in [0.25, 0.3) is 0 Å². The first-order chi connectivity index (χ1) is 17.9. The van der Waals surface area contributed by atoms with E-state index in [1.165, 1.54) is 0 Å². The van der Waals surface area contributed by atoms with Gasteiger partial charge >= 0.3 is 0 Å². The van der Waals surface area contributed by atoms with Gasteiger partial charge in [0.15, 0.2) is 29.0 Å². The molecule has 0 radical (unpaired) electrons. The van der Waals surface area contributed by atoms with Gasteiger partial charge in [0.1, 0.15) is 18.3 Å². The van der Waals surface area contributed by atoms with Gasteiger partial charge in [0.2, 0.25) is 5.95 Å². The number of hydrogen-bond donors (Lipinski definition) is 4. The van der Waals surface area contributed by atoms with Crippen LogP contribution < -0.4 is 10.6 Å². The first-order valence-corrected chi connectivity index (χ1v) is 12.5. The maximum Gasteiger partial charge on any atom is 0.226 e. The number of aliphatic hydroxyl groups is 2. The van der Waals surface area contributed by atoms with Gasteiger partial charge in [0.05, 0.1) is 24.0 Å². The predicted molar refractivity (Wildman–Crippen MR) is 135 cm³/mol. The first-order valence-electron chi connectivity index (χ1n) is 12.5. The second-order valence-electron chi connectivity index (χ2n) is 9.38. The zero-order valence-electron chi connectivity index (χ0n) is 21.4. The highest BCUT2D eigenvalue weighted by atomic mass is 16.6. The van der Waals surface area contributed by atoms with Crippen LogP contribution in [0.4, 0.5) is 11.8 Å². The van der Waals surface area contributed by atoms with E-state index in [4.69, 9.17) is 19.2 Å². The lowest BCUT2D eigenvalue weighted by Crippen LogP contribution is -2.29. The number of nitrogens with zero attached hydrogens (tertiary/aromatic N) is 7. The SMILES string of the molecule is CCC(CC)Nc1nc(NCCc2cn(C)cn2)nc2c1ncn2[C@@H]1O[C@H](c2cc(C)no2)[C@@H](O)[C@H]1O. The molecule has 1 saturated heterocycles. The third-order valence-electron chi connectivity index (χ3n) is 6.61. The van der Waals surface area contributed by atoms with Crippen molar-refractivity contribution < 1.29 is 19.5 Å². The molecule has 4 N–H and O–H groups in total. The van der Waals surface area contributed by atoms with E-state index in [1.807, 2.05) is 17.8 Å². The summed E-state index contributed by atoms with van der Waals surface area (Å²) in [6.45, 7) is 6.58. The molecule has 0 spiro atoms. The molecule has 4 aromatic heterocycles. The average molecular weight is 512 g/mol. The molecular weight excluding hydrogens is 478 g/mol. The van der Waals surface area contributed by atoms with Gasteiger partial charge in [-0.3, -0.25) is 4.57 Å². The standard InChI is InChI=1S/C24H33N9O4/c1-5-14(6-2)28-21-17-22(30-24(29-21)25-8-7-15-10-32(4)11-26-15)33(12-27-17)23-19(35)18(34)20(36-23)16-9-13(3)31-37-16/h9-12,14,18-20,23,34-35H,5-8H2,1-4H3,(H2,25,28,29,30)/t18-,19+,20+,23+/m0/s1. The fourth-order valence-electron chi connectivity index (χ4n) is 4.51. The topological polar surface area (TPSA) is 161 Å². The van der Waals surface area contributed by atoms with Crippen molar-refractivity contribution in [2.24, 2.45) is 7.05 Å². The number of anilines is 2. The van der Waals surface area contributed by atoms with Crippen LogP contribution in [0.2, 0.25) is 0 Å². The molecule has 1 aliphatic heterocycles. The molecule has 0 saturated carbocycles. The molecule has 13 nitrogen and oxygen atoms in total. The molecule has 5 heterocycles. The van der Waals surface area contributed by atoms with E-state index >= 15 is 0 Å². The maximum atomic E-state index is 10.9. The average Bonchev–Trinajstić information content (AvgIpc) is 3.66. The van der Waals surface area contributed by atoms with E-state index in [-0.39, 0.29) is 6.04 Å². The lowest BCUT2D eigenvalue weighted by Gasteiger charge is -2.18. The van der Waals surface area contributed by atoms with Crippen LogP contribution in [0.5, 0.6) is 0 Å². The number of aromatic nitrogens is 7. The summed E-state index contributed by atoms with van der Waals surface area (Å²) in [5.74, 6) is 1.35. The Balaban J connectivity index is 1.46. The van der Waals surface area contributed by atoms with Crippen molar-refractivity contribution in [3.8, 4) is 0 Å². The lowest BCUT2D eigenvalue weighted by atomic mass is 10.1. The lowest BCUT2D eigenvalue weighted by molar-refractivity contribution is -0.0433. The molecule has 1 aliphatic rings. The molecule has 4 aromatic rings. The number of nitrogens with one attached hydrogen (secondary N) is 2. The zero-order chi connectivity index (χ0) is 26.1. The van der Waals surface area contributed by atoms with E-state index in [2.05, 4.69) is 39.6 Å². The Kier molecular flexibility index (Phi) is 7.09. The number of ether oxygens (including phenoxy) is 1. The highest BCUT2D eigenvalue weighted by Gasteiger charge is 2.46. The van der Waals surface area contributed by atoms with Crippen LogP contribution in [-0.2, 0) is 18.2 Å². The molecule has 13 heteroatoms. The van der Waals surface area contributed by atoms with Gasteiger partial charge < -0.3 is 34.7 Å². The van der Waals surface area contributed by atoms with Crippen LogP contribution >= 0.6 is 0 Å². The highest BCUT2D eigenvalue weighted by molar-refractivity contribution is 5.84. The molecule has 1 fully saturated rings. The molecule has 0 amide bonds. The second-order valence-corrected chi connectivity index (χ2v) is 9.38. The number of imidazole rings is 2. The Morgan fingerprint density at radius 2 is 1.92 bits per heavy atom. The van der Waals surface area contributed by atoms with E-state index in [0.29, 0.717) is 47.3 Å². The zero-order valence-corrected chi connectivity index (χ0v) is 21.4. The molecular formula is C24H33N9O4. The first kappa shape index (κ1) is 25.1. The van der Waals surface area contributed by atoms with Crippen molar-refractivity contribution >= 4 is 22.9 Å². The van der Waals surface area contributed by atoms with Gasteiger partial charge in [-0.2, -0.15) is 9.97 Å². The number of fused-ring (bicyclic) bond motifs is 1. The number of hydrogen-bond acceptors (Lipinski definition) is 11. The summed E-state index contributed by atoms with van der Waals surface area (Å²) in [5, 5.41) is 32.2. The summed E-state index contributed by atoms with van der Waals surface area (Å²) >= 11 is 0. The van der Waals surface area contributed by atoms with Crippen LogP contribution in [0.3, 0.4) is 0 Å². The van der Waals surface area contributed by atoms with Gasteiger partial charge in [0, 0.05) is 38.3 Å². The largest absolute Gasteiger partial charge is 0.387 e. The van der Waals surface area contributed by atoms with Crippen molar-refractivity contribution in [3.05, 3.63) is 42.1 Å². The van der Waals surface area contributed by atoms with Crippen molar-refractivity contribution in [1.29, 1.82) is 0 Å². The summed E-state index contributed by atoms with van der Waals surface area (Å²) in [6, 6.07) is 1.89.